The summed E-state index contributed by atoms with van der Waals surface area (Å²) < 4.78 is 6.40. The molecule has 0 saturated heterocycles. The molecular formula is C20H23ClN4O4. The van der Waals surface area contributed by atoms with Gasteiger partial charge in [-0.15, -0.1) is 0 Å². The lowest BCUT2D eigenvalue weighted by atomic mass is 10.2. The van der Waals surface area contributed by atoms with E-state index >= 15 is 0 Å². The molecule has 154 valence electrons. The lowest BCUT2D eigenvalue weighted by molar-refractivity contribution is -0.143. The molecule has 0 aliphatic rings. The molecule has 2 rings (SSSR count). The van der Waals surface area contributed by atoms with E-state index in [0.717, 1.165) is 11.8 Å². The van der Waals surface area contributed by atoms with E-state index in [4.69, 9.17) is 16.3 Å². The van der Waals surface area contributed by atoms with Gasteiger partial charge in [-0.05, 0) is 31.1 Å². The second kappa shape index (κ2) is 10.4. The molecule has 0 saturated carbocycles. The van der Waals surface area contributed by atoms with Crippen molar-refractivity contribution in [2.45, 2.75) is 20.8 Å². The second-order valence-electron chi connectivity index (χ2n) is 6.63. The Bertz CT molecular complexity index is 907. The van der Waals surface area contributed by atoms with Gasteiger partial charge in [0.1, 0.15) is 5.15 Å². The molecule has 1 aromatic carbocycles. The number of esters is 1. The molecule has 0 aliphatic carbocycles. The Morgan fingerprint density at radius 3 is 2.59 bits per heavy atom. The van der Waals surface area contributed by atoms with Gasteiger partial charge in [-0.25, -0.2) is 14.3 Å². The minimum Gasteiger partial charge on any atom is -0.452 e. The number of aromatic nitrogens is 2. The number of urea groups is 1. The molecule has 3 amide bonds. The van der Waals surface area contributed by atoms with Gasteiger partial charge in [0.15, 0.2) is 6.61 Å². The third-order valence-electron chi connectivity index (χ3n) is 3.70. The molecule has 0 radical (unpaired) electrons. The largest absolute Gasteiger partial charge is 0.452 e. The maximum atomic E-state index is 11.9. The number of nitrogens with zero attached hydrogens (tertiary/aromatic N) is 2. The Hall–Kier alpha value is -3.13. The van der Waals surface area contributed by atoms with E-state index in [-0.39, 0.29) is 5.92 Å². The number of hydrogen-bond donors (Lipinski definition) is 2. The summed E-state index contributed by atoms with van der Waals surface area (Å²) in [5.41, 5.74) is 1.97. The molecule has 2 N–H and O–H groups in total. The van der Waals surface area contributed by atoms with E-state index in [9.17, 15) is 14.4 Å². The second-order valence-corrected chi connectivity index (χ2v) is 6.99. The lowest BCUT2D eigenvalue weighted by Gasteiger charge is -2.08. The average molecular weight is 419 g/mol. The molecule has 2 aromatic rings. The minimum atomic E-state index is -0.745. The summed E-state index contributed by atoms with van der Waals surface area (Å²) in [6.45, 7) is 5.47. The number of hydrogen-bond acceptors (Lipinski definition) is 5. The smallest absolute Gasteiger partial charge is 0.331 e. The maximum Gasteiger partial charge on any atom is 0.331 e. The molecule has 1 aromatic heterocycles. The topological polar surface area (TPSA) is 102 Å². The van der Waals surface area contributed by atoms with Crippen LogP contribution in [0.2, 0.25) is 5.15 Å². The first-order chi connectivity index (χ1) is 13.8. The van der Waals surface area contributed by atoms with Gasteiger partial charge in [0.05, 0.1) is 11.4 Å². The van der Waals surface area contributed by atoms with Crippen LogP contribution >= 0.6 is 11.6 Å². The monoisotopic (exact) mass is 418 g/mol. The summed E-state index contributed by atoms with van der Waals surface area (Å²) >= 11 is 6.37. The van der Waals surface area contributed by atoms with Crippen LogP contribution in [0.4, 0.5) is 4.79 Å². The molecule has 0 aliphatic heterocycles. The molecular weight excluding hydrogens is 396 g/mol. The van der Waals surface area contributed by atoms with E-state index in [1.54, 1.807) is 11.6 Å². The fourth-order valence-corrected chi connectivity index (χ4v) is 2.62. The van der Waals surface area contributed by atoms with Crippen molar-refractivity contribution in [2.75, 3.05) is 13.2 Å². The third kappa shape index (κ3) is 6.76. The summed E-state index contributed by atoms with van der Waals surface area (Å²) in [5, 5.41) is 9.32. The van der Waals surface area contributed by atoms with Crippen LogP contribution in [0.1, 0.15) is 25.1 Å². The van der Waals surface area contributed by atoms with Gasteiger partial charge in [0, 0.05) is 18.2 Å². The minimum absolute atomic E-state index is 0.250. The summed E-state index contributed by atoms with van der Waals surface area (Å²) in [7, 11) is 0. The van der Waals surface area contributed by atoms with E-state index in [0.29, 0.717) is 23.0 Å². The standard InChI is InChI=1S/C20H23ClN4O4/c1-13(2)11-22-20(28)23-17(26)12-29-18(27)10-9-16-14(3)24-25(19(16)21)15-7-5-4-6-8-15/h4-10,13H,11-12H2,1-3H3,(H2,22,23,26,28)/b10-9+. The fourth-order valence-electron chi connectivity index (χ4n) is 2.28. The first-order valence-corrected chi connectivity index (χ1v) is 9.38. The molecule has 0 spiro atoms. The number of carbonyl (C=O) groups is 3. The number of para-hydroxylation sites is 1. The highest BCUT2D eigenvalue weighted by molar-refractivity contribution is 6.31. The highest BCUT2D eigenvalue weighted by Gasteiger charge is 2.13. The zero-order chi connectivity index (χ0) is 21.4. The number of aryl methyl sites for hydroxylation is 1. The number of halogens is 1. The average Bonchev–Trinajstić information content (AvgIpc) is 2.97. The number of imide groups is 1. The first kappa shape index (κ1) is 22.2. The van der Waals surface area contributed by atoms with Crippen LogP contribution in [-0.4, -0.2) is 40.8 Å². The summed E-state index contributed by atoms with van der Waals surface area (Å²) in [6, 6.07) is 8.69. The van der Waals surface area contributed by atoms with E-state index in [2.05, 4.69) is 15.7 Å². The van der Waals surface area contributed by atoms with Crippen LogP contribution in [-0.2, 0) is 14.3 Å². The molecule has 0 unspecified atom stereocenters. The lowest BCUT2D eigenvalue weighted by Crippen LogP contribution is -2.42. The number of benzene rings is 1. The predicted molar refractivity (Wildman–Crippen MR) is 110 cm³/mol. The molecule has 0 bridgehead atoms. The number of carbonyl (C=O) groups excluding carboxylic acids is 3. The summed E-state index contributed by atoms with van der Waals surface area (Å²) in [5.74, 6) is -1.22. The quantitative estimate of drug-likeness (QED) is 0.531. The first-order valence-electron chi connectivity index (χ1n) is 9.01. The van der Waals surface area contributed by atoms with Crippen molar-refractivity contribution in [1.82, 2.24) is 20.4 Å². The Morgan fingerprint density at radius 2 is 1.93 bits per heavy atom. The number of ether oxygens (including phenoxy) is 1. The molecule has 9 heteroatoms. The van der Waals surface area contributed by atoms with Crippen LogP contribution in [0.3, 0.4) is 0 Å². The van der Waals surface area contributed by atoms with Crippen LogP contribution in [0.15, 0.2) is 36.4 Å². The van der Waals surface area contributed by atoms with Crippen molar-refractivity contribution in [2.24, 2.45) is 5.92 Å². The highest BCUT2D eigenvalue weighted by Crippen LogP contribution is 2.24. The normalized spacial score (nSPS) is 10.9. The van der Waals surface area contributed by atoms with E-state index in [1.807, 2.05) is 44.2 Å². The predicted octanol–water partition coefficient (Wildman–Crippen LogP) is 2.87. The number of amides is 3. The van der Waals surface area contributed by atoms with Crippen molar-refractivity contribution in [3.8, 4) is 5.69 Å². The van der Waals surface area contributed by atoms with Crippen LogP contribution < -0.4 is 10.6 Å². The zero-order valence-corrected chi connectivity index (χ0v) is 17.2. The van der Waals surface area contributed by atoms with Crippen LogP contribution in [0.5, 0.6) is 0 Å². The Morgan fingerprint density at radius 1 is 1.24 bits per heavy atom. The van der Waals surface area contributed by atoms with Crippen molar-refractivity contribution < 1.29 is 19.1 Å². The van der Waals surface area contributed by atoms with Gasteiger partial charge in [0.25, 0.3) is 5.91 Å². The molecule has 29 heavy (non-hydrogen) atoms. The molecule has 0 atom stereocenters. The van der Waals surface area contributed by atoms with Crippen LogP contribution in [0, 0.1) is 12.8 Å². The van der Waals surface area contributed by atoms with Crippen molar-refractivity contribution >= 4 is 35.6 Å². The third-order valence-corrected chi connectivity index (χ3v) is 4.07. The Balaban J connectivity index is 1.90. The van der Waals surface area contributed by atoms with Gasteiger partial charge in [0.2, 0.25) is 0 Å². The summed E-state index contributed by atoms with van der Waals surface area (Å²) in [4.78, 5) is 35.0. The van der Waals surface area contributed by atoms with Gasteiger partial charge in [-0.3, -0.25) is 10.1 Å². The van der Waals surface area contributed by atoms with Crippen LogP contribution in [0.25, 0.3) is 11.8 Å². The SMILES string of the molecule is Cc1nn(-c2ccccc2)c(Cl)c1/C=C/C(=O)OCC(=O)NC(=O)NCC(C)C. The number of nitrogens with one attached hydrogen (secondary N) is 2. The van der Waals surface area contributed by atoms with Gasteiger partial charge in [-0.2, -0.15) is 5.10 Å². The van der Waals surface area contributed by atoms with Gasteiger partial charge < -0.3 is 10.1 Å². The van der Waals surface area contributed by atoms with Crippen molar-refractivity contribution in [1.29, 1.82) is 0 Å². The molecule has 0 fully saturated rings. The van der Waals surface area contributed by atoms with Crippen molar-refractivity contribution in [3.05, 3.63) is 52.8 Å². The molecule has 8 nitrogen and oxygen atoms in total. The van der Waals surface area contributed by atoms with Crippen molar-refractivity contribution in [3.63, 3.8) is 0 Å². The maximum absolute atomic E-state index is 11.9. The zero-order valence-electron chi connectivity index (χ0n) is 16.4. The van der Waals surface area contributed by atoms with E-state index in [1.165, 1.54) is 6.08 Å². The Kier molecular flexibility index (Phi) is 7.97. The van der Waals surface area contributed by atoms with Gasteiger partial charge in [-0.1, -0.05) is 43.6 Å². The molecule has 1 heterocycles. The summed E-state index contributed by atoms with van der Waals surface area (Å²) in [6.07, 6.45) is 2.62. The highest BCUT2D eigenvalue weighted by atomic mass is 35.5. The number of rotatable bonds is 7. The Labute approximate surface area is 173 Å². The van der Waals surface area contributed by atoms with Gasteiger partial charge >= 0.3 is 12.0 Å². The van der Waals surface area contributed by atoms with E-state index < -0.39 is 24.5 Å². The fraction of sp³-hybridized carbons (Fsp3) is 0.300.